The van der Waals surface area contributed by atoms with Gasteiger partial charge in [-0.3, -0.25) is 4.79 Å². The van der Waals surface area contributed by atoms with Crippen LogP contribution < -0.4 is 4.74 Å². The topological polar surface area (TPSA) is 77.2 Å². The molecule has 7 heteroatoms. The summed E-state index contributed by atoms with van der Waals surface area (Å²) in [6.45, 7) is 3.33. The maximum atomic E-state index is 11.1. The first kappa shape index (κ1) is 16.3. The Kier molecular flexibility index (Phi) is 4.15. The Bertz CT molecular complexity index is 888. The van der Waals surface area contributed by atoms with E-state index in [4.69, 9.17) is 21.4 Å². The lowest BCUT2D eigenvalue weighted by atomic mass is 9.95. The van der Waals surface area contributed by atoms with E-state index in [2.05, 4.69) is 10.2 Å². The van der Waals surface area contributed by atoms with E-state index in [0.29, 0.717) is 16.3 Å². The Morgan fingerprint density at radius 2 is 1.83 bits per heavy atom. The minimum absolute atomic E-state index is 0.0874. The highest BCUT2D eigenvalue weighted by atomic mass is 35.5. The van der Waals surface area contributed by atoms with Gasteiger partial charge in [-0.25, -0.2) is 0 Å². The van der Waals surface area contributed by atoms with Gasteiger partial charge >= 0.3 is 5.97 Å². The van der Waals surface area contributed by atoms with Crippen molar-refractivity contribution in [2.24, 2.45) is 5.41 Å². The minimum Gasteiger partial charge on any atom is -0.492 e. The average molecular weight is 346 g/mol. The fourth-order valence-electron chi connectivity index (χ4n) is 2.00. The Balaban J connectivity index is 1.77. The lowest BCUT2D eigenvalue weighted by molar-refractivity contribution is -0.148. The lowest BCUT2D eigenvalue weighted by Crippen LogP contribution is -2.30. The van der Waals surface area contributed by atoms with Crippen LogP contribution in [-0.4, -0.2) is 32.7 Å². The van der Waals surface area contributed by atoms with Crippen LogP contribution in [-0.2, 0) is 4.79 Å². The molecule has 0 spiro atoms. The van der Waals surface area contributed by atoms with Gasteiger partial charge in [-0.2, -0.15) is 4.80 Å². The first-order valence-electron chi connectivity index (χ1n) is 7.34. The number of benzene rings is 2. The maximum Gasteiger partial charge on any atom is 0.312 e. The van der Waals surface area contributed by atoms with Gasteiger partial charge in [0.25, 0.3) is 0 Å². The Morgan fingerprint density at radius 1 is 1.17 bits per heavy atom. The summed E-state index contributed by atoms with van der Waals surface area (Å²) in [5, 5.41) is 18.5. The second-order valence-corrected chi connectivity index (χ2v) is 6.53. The van der Waals surface area contributed by atoms with Crippen molar-refractivity contribution in [3.63, 3.8) is 0 Å². The summed E-state index contributed by atoms with van der Waals surface area (Å²) in [6, 6.07) is 12.5. The van der Waals surface area contributed by atoms with E-state index in [-0.39, 0.29) is 6.61 Å². The average Bonchev–Trinajstić information content (AvgIpc) is 2.96. The van der Waals surface area contributed by atoms with E-state index >= 15 is 0 Å². The van der Waals surface area contributed by atoms with Crippen molar-refractivity contribution in [2.75, 3.05) is 6.61 Å². The van der Waals surface area contributed by atoms with Gasteiger partial charge in [-0.15, -0.1) is 10.2 Å². The Morgan fingerprint density at radius 3 is 2.50 bits per heavy atom. The van der Waals surface area contributed by atoms with Gasteiger partial charge in [0, 0.05) is 5.02 Å². The first-order valence-corrected chi connectivity index (χ1v) is 7.72. The summed E-state index contributed by atoms with van der Waals surface area (Å²) in [4.78, 5) is 12.6. The third-order valence-corrected chi connectivity index (χ3v) is 3.82. The number of hydrogen-bond acceptors (Lipinski definition) is 4. The number of ether oxygens (including phenoxy) is 1. The lowest BCUT2D eigenvalue weighted by Gasteiger charge is -2.19. The molecule has 0 radical (unpaired) electrons. The molecule has 24 heavy (non-hydrogen) atoms. The Labute approximate surface area is 143 Å². The highest BCUT2D eigenvalue weighted by Gasteiger charge is 2.28. The molecule has 3 aromatic rings. The van der Waals surface area contributed by atoms with Crippen molar-refractivity contribution in [3.8, 4) is 11.4 Å². The van der Waals surface area contributed by atoms with Crippen molar-refractivity contribution in [1.29, 1.82) is 0 Å². The zero-order valence-electron chi connectivity index (χ0n) is 13.2. The van der Waals surface area contributed by atoms with Crippen molar-refractivity contribution in [1.82, 2.24) is 15.0 Å². The number of rotatable bonds is 5. The van der Waals surface area contributed by atoms with Crippen LogP contribution in [0.1, 0.15) is 13.8 Å². The maximum absolute atomic E-state index is 11.1. The molecule has 0 saturated heterocycles. The van der Waals surface area contributed by atoms with Crippen LogP contribution in [0.4, 0.5) is 0 Å². The first-order chi connectivity index (χ1) is 11.3. The summed E-state index contributed by atoms with van der Waals surface area (Å²) in [5.41, 5.74) is 1.29. The number of hydrogen-bond donors (Lipinski definition) is 1. The number of carboxylic acids is 1. The van der Waals surface area contributed by atoms with Gasteiger partial charge in [0.2, 0.25) is 0 Å². The molecular weight excluding hydrogens is 330 g/mol. The van der Waals surface area contributed by atoms with Crippen molar-refractivity contribution < 1.29 is 14.6 Å². The highest BCUT2D eigenvalue weighted by molar-refractivity contribution is 6.31. The Hall–Kier alpha value is -2.60. The predicted octanol–water partition coefficient (Wildman–Crippen LogP) is 3.56. The molecule has 6 nitrogen and oxygen atoms in total. The third kappa shape index (κ3) is 3.33. The van der Waals surface area contributed by atoms with Gasteiger partial charge < -0.3 is 9.84 Å². The van der Waals surface area contributed by atoms with E-state index in [1.54, 1.807) is 38.1 Å². The van der Waals surface area contributed by atoms with Gasteiger partial charge in [0.1, 0.15) is 23.4 Å². The van der Waals surface area contributed by atoms with E-state index in [1.165, 1.54) is 4.80 Å². The molecule has 0 aliphatic carbocycles. The fraction of sp³-hybridized carbons (Fsp3) is 0.235. The van der Waals surface area contributed by atoms with Crippen LogP contribution in [0, 0.1) is 5.41 Å². The molecule has 0 saturated carbocycles. The smallest absolute Gasteiger partial charge is 0.312 e. The second-order valence-electron chi connectivity index (χ2n) is 6.09. The summed E-state index contributed by atoms with van der Waals surface area (Å²) in [6.07, 6.45) is 0. The number of nitrogens with zero attached hydrogens (tertiary/aromatic N) is 3. The second kappa shape index (κ2) is 6.13. The number of carbonyl (C=O) groups is 1. The number of aliphatic carboxylic acids is 1. The molecule has 0 unspecified atom stereocenters. The number of fused-ring (bicyclic) bond motifs is 1. The van der Waals surface area contributed by atoms with E-state index in [0.717, 1.165) is 11.2 Å². The van der Waals surface area contributed by atoms with Gasteiger partial charge in [-0.05, 0) is 56.3 Å². The molecule has 124 valence electrons. The number of halogens is 1. The van der Waals surface area contributed by atoms with E-state index in [1.807, 2.05) is 18.2 Å². The predicted molar refractivity (Wildman–Crippen MR) is 90.8 cm³/mol. The number of carboxylic acid groups (broad SMARTS) is 1. The molecular formula is C17H16ClN3O3. The highest BCUT2D eigenvalue weighted by Crippen LogP contribution is 2.21. The molecule has 2 aromatic carbocycles. The van der Waals surface area contributed by atoms with Crippen molar-refractivity contribution in [3.05, 3.63) is 47.5 Å². The van der Waals surface area contributed by atoms with Crippen LogP contribution in [0.2, 0.25) is 5.02 Å². The van der Waals surface area contributed by atoms with Crippen molar-refractivity contribution >= 4 is 28.6 Å². The largest absolute Gasteiger partial charge is 0.492 e. The molecule has 0 amide bonds. The zero-order valence-corrected chi connectivity index (χ0v) is 14.0. The van der Waals surface area contributed by atoms with E-state index in [9.17, 15) is 4.79 Å². The molecule has 0 atom stereocenters. The SMILES string of the molecule is CC(C)(COc1ccc(-n2nc3ccc(Cl)cc3n2)cc1)C(=O)O. The monoisotopic (exact) mass is 345 g/mol. The summed E-state index contributed by atoms with van der Waals surface area (Å²) in [5.74, 6) is -0.307. The van der Waals surface area contributed by atoms with Gasteiger partial charge in [-0.1, -0.05) is 11.6 Å². The molecule has 1 N–H and O–H groups in total. The van der Waals surface area contributed by atoms with Gasteiger partial charge in [0.05, 0.1) is 11.1 Å². The van der Waals surface area contributed by atoms with Crippen LogP contribution >= 0.6 is 11.6 Å². The molecule has 3 rings (SSSR count). The zero-order chi connectivity index (χ0) is 17.3. The van der Waals surface area contributed by atoms with Crippen molar-refractivity contribution in [2.45, 2.75) is 13.8 Å². The minimum atomic E-state index is -0.945. The van der Waals surface area contributed by atoms with Crippen LogP contribution in [0.15, 0.2) is 42.5 Å². The summed E-state index contributed by atoms with van der Waals surface area (Å²) in [7, 11) is 0. The molecule has 1 aromatic heterocycles. The van der Waals surface area contributed by atoms with Gasteiger partial charge in [0.15, 0.2) is 0 Å². The molecule has 0 bridgehead atoms. The standard InChI is InChI=1S/C17H16ClN3O3/c1-17(2,16(22)23)10-24-13-6-4-12(5-7-13)21-19-14-8-3-11(18)9-15(14)20-21/h3-9H,10H2,1-2H3,(H,22,23). The molecule has 0 aliphatic rings. The van der Waals surface area contributed by atoms with Crippen LogP contribution in [0.3, 0.4) is 0 Å². The summed E-state index contributed by atoms with van der Waals surface area (Å²) < 4.78 is 5.55. The quantitative estimate of drug-likeness (QED) is 0.765. The fourth-order valence-corrected chi connectivity index (χ4v) is 2.17. The molecule has 0 fully saturated rings. The van der Waals surface area contributed by atoms with Crippen LogP contribution in [0.25, 0.3) is 16.7 Å². The normalized spacial score (nSPS) is 11.6. The van der Waals surface area contributed by atoms with E-state index < -0.39 is 11.4 Å². The summed E-state index contributed by atoms with van der Waals surface area (Å²) >= 11 is 5.95. The molecule has 1 heterocycles. The molecule has 0 aliphatic heterocycles. The van der Waals surface area contributed by atoms with Crippen LogP contribution in [0.5, 0.6) is 5.75 Å². The number of aromatic nitrogens is 3. The third-order valence-electron chi connectivity index (χ3n) is 3.59.